The third kappa shape index (κ3) is 4.62. The zero-order chi connectivity index (χ0) is 11.1. The van der Waals surface area contributed by atoms with Crippen LogP contribution in [-0.2, 0) is 9.53 Å². The minimum absolute atomic E-state index is 0.0363. The van der Waals surface area contributed by atoms with E-state index >= 15 is 0 Å². The molecule has 0 aromatic heterocycles. The van der Waals surface area contributed by atoms with Crippen LogP contribution in [0.5, 0.6) is 0 Å². The van der Waals surface area contributed by atoms with Crippen molar-refractivity contribution in [3.8, 4) is 0 Å². The minimum Gasteiger partial charge on any atom is -0.372 e. The van der Waals surface area contributed by atoms with Crippen LogP contribution < -0.4 is 11.1 Å². The van der Waals surface area contributed by atoms with E-state index in [1.165, 1.54) is 6.42 Å². The summed E-state index contributed by atoms with van der Waals surface area (Å²) in [5, 5.41) is 2.94. The highest BCUT2D eigenvalue weighted by atomic mass is 16.5. The Morgan fingerprint density at radius 1 is 1.47 bits per heavy atom. The molecule has 0 heterocycles. The first-order valence-corrected chi connectivity index (χ1v) is 5.86. The van der Waals surface area contributed by atoms with Gasteiger partial charge in [0.05, 0.1) is 0 Å². The van der Waals surface area contributed by atoms with Crippen molar-refractivity contribution in [1.82, 2.24) is 5.32 Å². The summed E-state index contributed by atoms with van der Waals surface area (Å²) in [7, 11) is 0. The fourth-order valence-electron chi connectivity index (χ4n) is 1.90. The number of hydrogen-bond donors (Lipinski definition) is 2. The zero-order valence-corrected chi connectivity index (χ0v) is 9.50. The highest BCUT2D eigenvalue weighted by Gasteiger charge is 2.22. The lowest BCUT2D eigenvalue weighted by Gasteiger charge is -2.29. The molecule has 15 heavy (non-hydrogen) atoms. The zero-order valence-electron chi connectivity index (χ0n) is 9.50. The van der Waals surface area contributed by atoms with Crippen molar-refractivity contribution in [2.45, 2.75) is 51.1 Å². The van der Waals surface area contributed by atoms with Crippen LogP contribution >= 0.6 is 0 Å². The molecule has 0 aromatic carbocycles. The van der Waals surface area contributed by atoms with Crippen LogP contribution in [0, 0.1) is 0 Å². The van der Waals surface area contributed by atoms with Gasteiger partial charge in [0.1, 0.15) is 6.61 Å². The lowest BCUT2D eigenvalue weighted by atomic mass is 9.91. The molecule has 4 heteroatoms. The third-order valence-corrected chi connectivity index (χ3v) is 2.75. The third-order valence-electron chi connectivity index (χ3n) is 2.75. The number of nitrogens with two attached hydrogens (primary N) is 1. The van der Waals surface area contributed by atoms with Gasteiger partial charge in [-0.25, -0.2) is 0 Å². The maximum atomic E-state index is 11.4. The molecular weight excluding hydrogens is 192 g/mol. The van der Waals surface area contributed by atoms with Crippen molar-refractivity contribution in [2.24, 2.45) is 5.73 Å². The molecule has 1 fully saturated rings. The molecule has 1 aliphatic rings. The first kappa shape index (κ1) is 12.5. The molecular formula is C11H22N2O2. The Labute approximate surface area is 91.5 Å². The smallest absolute Gasteiger partial charge is 0.246 e. The predicted molar refractivity (Wildman–Crippen MR) is 59.5 cm³/mol. The number of rotatable bonds is 5. The van der Waals surface area contributed by atoms with Crippen molar-refractivity contribution >= 4 is 5.91 Å². The summed E-state index contributed by atoms with van der Waals surface area (Å²) in [5.41, 5.74) is 5.93. The molecule has 3 N–H and O–H groups in total. The van der Waals surface area contributed by atoms with E-state index in [2.05, 4.69) is 5.32 Å². The van der Waals surface area contributed by atoms with E-state index in [1.54, 1.807) is 0 Å². The van der Waals surface area contributed by atoms with E-state index in [-0.39, 0.29) is 24.6 Å². The van der Waals surface area contributed by atoms with Gasteiger partial charge in [-0.2, -0.15) is 0 Å². The van der Waals surface area contributed by atoms with E-state index in [1.807, 2.05) is 6.92 Å². The second kappa shape index (κ2) is 6.80. The van der Waals surface area contributed by atoms with E-state index in [9.17, 15) is 4.79 Å². The Bertz CT molecular complexity index is 197. The fourth-order valence-corrected chi connectivity index (χ4v) is 1.90. The summed E-state index contributed by atoms with van der Waals surface area (Å²) in [4.78, 5) is 11.4. The van der Waals surface area contributed by atoms with Crippen LogP contribution in [0.15, 0.2) is 0 Å². The summed E-state index contributed by atoms with van der Waals surface area (Å²) in [5.74, 6) is -0.0363. The molecule has 4 nitrogen and oxygen atoms in total. The van der Waals surface area contributed by atoms with Gasteiger partial charge in [-0.1, -0.05) is 19.8 Å². The van der Waals surface area contributed by atoms with Gasteiger partial charge in [0, 0.05) is 18.7 Å². The molecule has 88 valence electrons. The number of carbonyl (C=O) groups is 1. The van der Waals surface area contributed by atoms with Crippen LogP contribution in [0.4, 0.5) is 0 Å². The van der Waals surface area contributed by atoms with Crippen molar-refractivity contribution < 1.29 is 9.53 Å². The molecule has 1 amide bonds. The van der Waals surface area contributed by atoms with E-state index in [0.29, 0.717) is 6.61 Å². The van der Waals surface area contributed by atoms with Crippen molar-refractivity contribution in [3.05, 3.63) is 0 Å². The van der Waals surface area contributed by atoms with Crippen molar-refractivity contribution in [3.63, 3.8) is 0 Å². The largest absolute Gasteiger partial charge is 0.372 e. The van der Waals surface area contributed by atoms with Gasteiger partial charge >= 0.3 is 0 Å². The van der Waals surface area contributed by atoms with E-state index in [0.717, 1.165) is 25.7 Å². The Morgan fingerprint density at radius 3 is 2.87 bits per heavy atom. The standard InChI is InChI=1S/C11H22N2O2/c1-2-7-15-8-11(14)13-10-6-4-3-5-9(10)12/h9-10H,2-8,12H2,1H3,(H,13,14). The summed E-state index contributed by atoms with van der Waals surface area (Å²) < 4.78 is 5.17. The topological polar surface area (TPSA) is 64.3 Å². The Hall–Kier alpha value is -0.610. The molecule has 1 saturated carbocycles. The molecule has 0 radical (unpaired) electrons. The molecule has 1 aliphatic carbocycles. The van der Waals surface area contributed by atoms with E-state index in [4.69, 9.17) is 10.5 Å². The number of amides is 1. The number of nitrogens with one attached hydrogen (secondary N) is 1. The second-order valence-corrected chi connectivity index (χ2v) is 4.17. The first-order chi connectivity index (χ1) is 7.24. The molecule has 2 atom stereocenters. The minimum atomic E-state index is -0.0363. The van der Waals surface area contributed by atoms with Crippen LogP contribution in [0.1, 0.15) is 39.0 Å². The normalized spacial score (nSPS) is 26.3. The highest BCUT2D eigenvalue weighted by Crippen LogP contribution is 2.16. The fraction of sp³-hybridized carbons (Fsp3) is 0.909. The summed E-state index contributed by atoms with van der Waals surface area (Å²) >= 11 is 0. The van der Waals surface area contributed by atoms with Gasteiger partial charge in [0.15, 0.2) is 0 Å². The summed E-state index contributed by atoms with van der Waals surface area (Å²) in [6.07, 6.45) is 5.30. The van der Waals surface area contributed by atoms with Gasteiger partial charge < -0.3 is 15.8 Å². The van der Waals surface area contributed by atoms with Crippen molar-refractivity contribution in [1.29, 1.82) is 0 Å². The summed E-state index contributed by atoms with van der Waals surface area (Å²) in [6, 6.07) is 0.269. The molecule has 0 aromatic rings. The number of hydrogen-bond acceptors (Lipinski definition) is 3. The molecule has 0 bridgehead atoms. The first-order valence-electron chi connectivity index (χ1n) is 5.86. The Morgan fingerprint density at radius 2 is 2.20 bits per heavy atom. The second-order valence-electron chi connectivity index (χ2n) is 4.17. The monoisotopic (exact) mass is 214 g/mol. The van der Waals surface area contributed by atoms with Gasteiger partial charge in [-0.3, -0.25) is 4.79 Å². The SMILES string of the molecule is CCCOCC(=O)NC1CCCCC1N. The van der Waals surface area contributed by atoms with Crippen LogP contribution in [0.25, 0.3) is 0 Å². The average molecular weight is 214 g/mol. The maximum absolute atomic E-state index is 11.4. The quantitative estimate of drug-likeness (QED) is 0.665. The van der Waals surface area contributed by atoms with Gasteiger partial charge in [0.2, 0.25) is 5.91 Å². The number of carbonyl (C=O) groups excluding carboxylic acids is 1. The van der Waals surface area contributed by atoms with Gasteiger partial charge in [-0.05, 0) is 19.3 Å². The summed E-state index contributed by atoms with van der Waals surface area (Å²) in [6.45, 7) is 2.83. The average Bonchev–Trinajstić information content (AvgIpc) is 2.22. The number of ether oxygens (including phenoxy) is 1. The highest BCUT2D eigenvalue weighted by molar-refractivity contribution is 5.77. The molecule has 0 saturated heterocycles. The van der Waals surface area contributed by atoms with Crippen LogP contribution in [0.3, 0.4) is 0 Å². The maximum Gasteiger partial charge on any atom is 0.246 e. The Balaban J connectivity index is 2.18. The lowest BCUT2D eigenvalue weighted by Crippen LogP contribution is -2.50. The van der Waals surface area contributed by atoms with Crippen LogP contribution in [0.2, 0.25) is 0 Å². The van der Waals surface area contributed by atoms with Gasteiger partial charge in [-0.15, -0.1) is 0 Å². The molecule has 0 spiro atoms. The molecule has 0 aliphatic heterocycles. The Kier molecular flexibility index (Phi) is 5.65. The molecule has 2 unspecified atom stereocenters. The van der Waals surface area contributed by atoms with E-state index < -0.39 is 0 Å². The lowest BCUT2D eigenvalue weighted by molar-refractivity contribution is -0.126. The van der Waals surface area contributed by atoms with Crippen molar-refractivity contribution in [2.75, 3.05) is 13.2 Å². The van der Waals surface area contributed by atoms with Gasteiger partial charge in [0.25, 0.3) is 0 Å². The van der Waals surface area contributed by atoms with Crippen LogP contribution in [-0.4, -0.2) is 31.2 Å². The molecule has 1 rings (SSSR count). The predicted octanol–water partition coefficient (Wildman–Crippen LogP) is 0.799.